The van der Waals surface area contributed by atoms with Crippen LogP contribution in [0.5, 0.6) is 0 Å². The molecule has 1 unspecified atom stereocenters. The zero-order valence-electron chi connectivity index (χ0n) is 10.6. The first-order valence-corrected chi connectivity index (χ1v) is 8.26. The number of hydrogen-bond donors (Lipinski definition) is 2. The maximum absolute atomic E-state index is 12.0. The van der Waals surface area contributed by atoms with Gasteiger partial charge in [-0.05, 0) is 25.3 Å². The molecule has 2 N–H and O–H groups in total. The molecule has 0 radical (unpaired) electrons. The lowest BCUT2D eigenvalue weighted by atomic mass is 10.1. The van der Waals surface area contributed by atoms with Crippen molar-refractivity contribution in [2.75, 3.05) is 18.6 Å². The molecule has 0 spiro atoms. The second kappa shape index (κ2) is 6.34. The predicted octanol–water partition coefficient (Wildman–Crippen LogP) is 0.346. The molecule has 1 heterocycles. The van der Waals surface area contributed by atoms with Crippen molar-refractivity contribution in [3.8, 4) is 6.07 Å². The van der Waals surface area contributed by atoms with Gasteiger partial charge in [0.15, 0.2) is 5.69 Å². The van der Waals surface area contributed by atoms with Crippen molar-refractivity contribution in [3.63, 3.8) is 0 Å². The van der Waals surface area contributed by atoms with Crippen LogP contribution in [-0.4, -0.2) is 42.7 Å². The van der Waals surface area contributed by atoms with E-state index in [-0.39, 0.29) is 17.1 Å². The number of pyridine rings is 1. The highest BCUT2D eigenvalue weighted by atomic mass is 32.2. The van der Waals surface area contributed by atoms with Crippen molar-refractivity contribution in [2.45, 2.75) is 17.4 Å². The third-order valence-electron chi connectivity index (χ3n) is 2.26. The first kappa shape index (κ1) is 15.9. The number of thioether (sulfide) groups is 1. The molecule has 104 valence electrons. The average Bonchev–Trinajstić information content (AvgIpc) is 2.37. The summed E-state index contributed by atoms with van der Waals surface area (Å²) in [6.45, 7) is 1.41. The number of nitrogens with one attached hydrogen (secondary N) is 1. The number of rotatable bonds is 6. The van der Waals surface area contributed by atoms with Crippen molar-refractivity contribution in [1.29, 1.82) is 5.26 Å². The van der Waals surface area contributed by atoms with Gasteiger partial charge in [0.2, 0.25) is 10.0 Å². The average molecular weight is 301 g/mol. The Balaban J connectivity index is 2.91. The number of hydrogen-bond acceptors (Lipinski definition) is 6. The van der Waals surface area contributed by atoms with E-state index in [4.69, 9.17) is 5.26 Å². The van der Waals surface area contributed by atoms with Crippen molar-refractivity contribution < 1.29 is 13.5 Å². The summed E-state index contributed by atoms with van der Waals surface area (Å²) in [6, 6.07) is 4.47. The summed E-state index contributed by atoms with van der Waals surface area (Å²) < 4.78 is 26.4. The fourth-order valence-corrected chi connectivity index (χ4v) is 3.37. The molecule has 6 nitrogen and oxygen atoms in total. The Morgan fingerprint density at radius 3 is 2.89 bits per heavy atom. The molecule has 1 aromatic rings. The van der Waals surface area contributed by atoms with E-state index in [1.807, 2.05) is 6.26 Å². The molecular formula is C11H15N3O3S2. The maximum atomic E-state index is 12.0. The number of nitrogens with zero attached hydrogens (tertiary/aromatic N) is 2. The van der Waals surface area contributed by atoms with Crippen molar-refractivity contribution in [2.24, 2.45) is 0 Å². The van der Waals surface area contributed by atoms with Crippen LogP contribution < -0.4 is 4.72 Å². The van der Waals surface area contributed by atoms with Gasteiger partial charge in [-0.25, -0.2) is 18.1 Å². The maximum Gasteiger partial charge on any atom is 0.243 e. The lowest BCUT2D eigenvalue weighted by molar-refractivity contribution is 0.0908. The third-order valence-corrected chi connectivity index (χ3v) is 4.61. The lowest BCUT2D eigenvalue weighted by Gasteiger charge is -2.22. The van der Waals surface area contributed by atoms with Crippen LogP contribution in [0.15, 0.2) is 23.2 Å². The minimum atomic E-state index is -3.86. The molecule has 0 aliphatic rings. The summed E-state index contributed by atoms with van der Waals surface area (Å²) in [5, 5.41) is 18.8. The Morgan fingerprint density at radius 1 is 1.63 bits per heavy atom. The van der Waals surface area contributed by atoms with E-state index >= 15 is 0 Å². The highest BCUT2D eigenvalue weighted by Crippen LogP contribution is 2.14. The molecule has 19 heavy (non-hydrogen) atoms. The van der Waals surface area contributed by atoms with E-state index < -0.39 is 15.6 Å². The second-order valence-corrected chi connectivity index (χ2v) is 6.82. The Hall–Kier alpha value is -1.14. The molecule has 1 atom stereocenters. The van der Waals surface area contributed by atoms with Crippen molar-refractivity contribution in [1.82, 2.24) is 9.71 Å². The number of aromatic nitrogens is 1. The Kier molecular flexibility index (Phi) is 5.31. The SMILES string of the molecule is CSCC(C)(O)CNS(=O)(=O)c1cccnc1C#N. The van der Waals surface area contributed by atoms with Crippen molar-refractivity contribution >= 4 is 21.8 Å². The van der Waals surface area contributed by atoms with Gasteiger partial charge in [0.1, 0.15) is 11.0 Å². The van der Waals surface area contributed by atoms with Crippen LogP contribution in [0.3, 0.4) is 0 Å². The molecule has 0 saturated heterocycles. The molecule has 1 rings (SSSR count). The fraction of sp³-hybridized carbons (Fsp3) is 0.455. The largest absolute Gasteiger partial charge is 0.388 e. The predicted molar refractivity (Wildman–Crippen MR) is 73.1 cm³/mol. The van der Waals surface area contributed by atoms with E-state index in [0.29, 0.717) is 5.75 Å². The minimum absolute atomic E-state index is 0.129. The molecule has 8 heteroatoms. The van der Waals surface area contributed by atoms with E-state index in [2.05, 4.69) is 9.71 Å². The van der Waals surface area contributed by atoms with Crippen molar-refractivity contribution in [3.05, 3.63) is 24.0 Å². The summed E-state index contributed by atoms with van der Waals surface area (Å²) in [7, 11) is -3.86. The van der Waals surface area contributed by atoms with E-state index in [1.54, 1.807) is 13.0 Å². The van der Waals surface area contributed by atoms with Gasteiger partial charge in [0, 0.05) is 18.5 Å². The fourth-order valence-electron chi connectivity index (χ4n) is 1.38. The molecule has 0 saturated carbocycles. The molecular weight excluding hydrogens is 286 g/mol. The summed E-state index contributed by atoms with van der Waals surface area (Å²) in [5.74, 6) is 0.396. The summed E-state index contributed by atoms with van der Waals surface area (Å²) >= 11 is 1.41. The number of nitriles is 1. The minimum Gasteiger partial charge on any atom is -0.388 e. The number of aliphatic hydroxyl groups is 1. The Labute approximate surface area is 116 Å². The van der Waals surface area contributed by atoms with E-state index in [1.165, 1.54) is 30.1 Å². The lowest BCUT2D eigenvalue weighted by Crippen LogP contribution is -2.42. The Morgan fingerprint density at radius 2 is 2.32 bits per heavy atom. The van der Waals surface area contributed by atoms with Crippen LogP contribution in [0.4, 0.5) is 0 Å². The normalized spacial score (nSPS) is 14.6. The van der Waals surface area contributed by atoms with Gasteiger partial charge in [-0.1, -0.05) is 0 Å². The van der Waals surface area contributed by atoms with Crippen LogP contribution in [0, 0.1) is 11.3 Å². The Bertz CT molecular complexity index is 579. The van der Waals surface area contributed by atoms with Crippen LogP contribution in [0.2, 0.25) is 0 Å². The second-order valence-electron chi connectivity index (χ2n) is 4.22. The van der Waals surface area contributed by atoms with Gasteiger partial charge in [0.25, 0.3) is 0 Å². The standard InChI is InChI=1S/C11H15N3O3S2/c1-11(15,8-18-2)7-14-19(16,17)10-4-3-5-13-9(10)6-12/h3-5,14-15H,7-8H2,1-2H3. The summed E-state index contributed by atoms with van der Waals surface area (Å²) in [4.78, 5) is 3.51. The van der Waals surface area contributed by atoms with Gasteiger partial charge >= 0.3 is 0 Å². The molecule has 0 fully saturated rings. The molecule has 0 aliphatic heterocycles. The molecule has 0 bridgehead atoms. The van der Waals surface area contributed by atoms with Gasteiger partial charge in [-0.2, -0.15) is 17.0 Å². The highest BCUT2D eigenvalue weighted by Gasteiger charge is 2.25. The van der Waals surface area contributed by atoms with Gasteiger partial charge < -0.3 is 5.11 Å². The van der Waals surface area contributed by atoms with Gasteiger partial charge in [-0.3, -0.25) is 0 Å². The monoisotopic (exact) mass is 301 g/mol. The smallest absolute Gasteiger partial charge is 0.243 e. The number of sulfonamides is 1. The van der Waals surface area contributed by atoms with E-state index in [9.17, 15) is 13.5 Å². The quantitative estimate of drug-likeness (QED) is 0.785. The van der Waals surface area contributed by atoms with Crippen LogP contribution in [0.1, 0.15) is 12.6 Å². The van der Waals surface area contributed by atoms with Gasteiger partial charge in [0.05, 0.1) is 5.60 Å². The van der Waals surface area contributed by atoms with Crippen LogP contribution in [0.25, 0.3) is 0 Å². The zero-order valence-corrected chi connectivity index (χ0v) is 12.3. The molecule has 0 aromatic carbocycles. The zero-order chi connectivity index (χ0) is 14.5. The first-order chi connectivity index (χ1) is 8.82. The van der Waals surface area contributed by atoms with Crippen LogP contribution >= 0.6 is 11.8 Å². The van der Waals surface area contributed by atoms with Crippen LogP contribution in [-0.2, 0) is 10.0 Å². The molecule has 0 aliphatic carbocycles. The summed E-state index contributed by atoms with van der Waals surface area (Å²) in [6.07, 6.45) is 3.17. The summed E-state index contributed by atoms with van der Waals surface area (Å²) in [5.41, 5.74) is -1.32. The highest BCUT2D eigenvalue weighted by molar-refractivity contribution is 7.98. The third kappa shape index (κ3) is 4.47. The molecule has 1 aromatic heterocycles. The van der Waals surface area contributed by atoms with Gasteiger partial charge in [-0.15, -0.1) is 0 Å². The first-order valence-electron chi connectivity index (χ1n) is 5.38. The topological polar surface area (TPSA) is 103 Å². The molecule has 0 amide bonds. The van der Waals surface area contributed by atoms with E-state index in [0.717, 1.165) is 0 Å².